The highest BCUT2D eigenvalue weighted by molar-refractivity contribution is 4.64. The van der Waals surface area contributed by atoms with Crippen LogP contribution in [-0.4, -0.2) is 62.2 Å². The van der Waals surface area contributed by atoms with Gasteiger partial charge < -0.3 is 15.1 Å². The van der Waals surface area contributed by atoms with Crippen molar-refractivity contribution in [1.29, 1.82) is 0 Å². The number of hydrogen-bond donors (Lipinski definition) is 1. The molecule has 0 atom stereocenters. The van der Waals surface area contributed by atoms with E-state index in [0.29, 0.717) is 0 Å². The van der Waals surface area contributed by atoms with E-state index in [1.54, 1.807) is 0 Å². The Bertz CT molecular complexity index is 287. The maximum Gasteiger partial charge on any atom is 0.000449 e. The topological polar surface area (TPSA) is 18.5 Å². The molecule has 1 N–H and O–H groups in total. The Kier molecular flexibility index (Phi) is 18.6. The molecular formula is C26H57N3. The Morgan fingerprint density at radius 1 is 0.448 bits per heavy atom. The van der Waals surface area contributed by atoms with Crippen LogP contribution in [0.5, 0.6) is 0 Å². The molecule has 0 saturated carbocycles. The van der Waals surface area contributed by atoms with Crippen LogP contribution in [0.2, 0.25) is 0 Å². The second-order valence-electron chi connectivity index (χ2n) is 11.0. The van der Waals surface area contributed by atoms with Crippen LogP contribution in [0.3, 0.4) is 0 Å². The van der Waals surface area contributed by atoms with Gasteiger partial charge in [0.2, 0.25) is 0 Å². The Morgan fingerprint density at radius 2 is 0.759 bits per heavy atom. The summed E-state index contributed by atoms with van der Waals surface area (Å²) in [5.41, 5.74) is 0. The van der Waals surface area contributed by atoms with Crippen LogP contribution in [0.1, 0.15) is 93.9 Å². The average molecular weight is 412 g/mol. The van der Waals surface area contributed by atoms with Gasteiger partial charge in [0.05, 0.1) is 0 Å². The van der Waals surface area contributed by atoms with Crippen LogP contribution >= 0.6 is 0 Å². The standard InChI is InChI=1S/C26H57N3/c1-23(2)19-28(20-24(3)4)17-13-9-11-15-27-16-12-10-14-18-29(21-25(5)6)22-26(7)8/h23-27H,9-22H2,1-8H3. The fraction of sp³-hybridized carbons (Fsp3) is 1.00. The lowest BCUT2D eigenvalue weighted by Gasteiger charge is -2.26. The molecule has 0 aromatic carbocycles. The fourth-order valence-corrected chi connectivity index (χ4v) is 4.23. The minimum absolute atomic E-state index is 0.776. The molecule has 0 aromatic heterocycles. The first kappa shape index (κ1) is 28.9. The predicted octanol–water partition coefficient (Wildman–Crippen LogP) is 6.14. The molecule has 0 aliphatic carbocycles. The molecule has 0 bridgehead atoms. The summed E-state index contributed by atoms with van der Waals surface area (Å²) in [5.74, 6) is 3.10. The van der Waals surface area contributed by atoms with Gasteiger partial charge in [0.25, 0.3) is 0 Å². The van der Waals surface area contributed by atoms with Gasteiger partial charge in [-0.05, 0) is 75.5 Å². The van der Waals surface area contributed by atoms with Crippen molar-refractivity contribution in [3.63, 3.8) is 0 Å². The summed E-state index contributed by atoms with van der Waals surface area (Å²) in [4.78, 5) is 5.34. The van der Waals surface area contributed by atoms with Crippen LogP contribution in [0.15, 0.2) is 0 Å². The zero-order chi connectivity index (χ0) is 22.1. The van der Waals surface area contributed by atoms with Gasteiger partial charge in [-0.3, -0.25) is 0 Å². The van der Waals surface area contributed by atoms with Gasteiger partial charge in [0.15, 0.2) is 0 Å². The molecular weight excluding hydrogens is 354 g/mol. The van der Waals surface area contributed by atoms with Crippen LogP contribution in [0, 0.1) is 23.7 Å². The largest absolute Gasteiger partial charge is 0.317 e. The quantitative estimate of drug-likeness (QED) is 0.243. The van der Waals surface area contributed by atoms with E-state index in [1.165, 1.54) is 90.9 Å². The third-order valence-electron chi connectivity index (χ3n) is 5.15. The van der Waals surface area contributed by atoms with Gasteiger partial charge in [0, 0.05) is 26.2 Å². The van der Waals surface area contributed by atoms with Crippen LogP contribution in [-0.2, 0) is 0 Å². The Balaban J connectivity index is 3.62. The molecule has 0 aromatic rings. The zero-order valence-electron chi connectivity index (χ0n) is 21.6. The summed E-state index contributed by atoms with van der Waals surface area (Å²) in [6, 6.07) is 0. The molecule has 3 heteroatoms. The number of hydrogen-bond acceptors (Lipinski definition) is 3. The smallest absolute Gasteiger partial charge is 0.000449 e. The molecule has 0 spiro atoms. The highest BCUT2D eigenvalue weighted by Crippen LogP contribution is 2.08. The molecule has 0 rings (SSSR count). The van der Waals surface area contributed by atoms with Crippen molar-refractivity contribution >= 4 is 0 Å². The van der Waals surface area contributed by atoms with E-state index in [9.17, 15) is 0 Å². The minimum atomic E-state index is 0.776. The van der Waals surface area contributed by atoms with E-state index in [-0.39, 0.29) is 0 Å². The maximum absolute atomic E-state index is 3.66. The van der Waals surface area contributed by atoms with E-state index < -0.39 is 0 Å². The molecule has 29 heavy (non-hydrogen) atoms. The van der Waals surface area contributed by atoms with Crippen molar-refractivity contribution < 1.29 is 0 Å². The van der Waals surface area contributed by atoms with E-state index in [2.05, 4.69) is 70.5 Å². The molecule has 3 nitrogen and oxygen atoms in total. The number of nitrogens with zero attached hydrogens (tertiary/aromatic N) is 2. The first-order chi connectivity index (χ1) is 13.7. The monoisotopic (exact) mass is 411 g/mol. The van der Waals surface area contributed by atoms with E-state index >= 15 is 0 Å². The lowest BCUT2D eigenvalue weighted by atomic mass is 10.1. The van der Waals surface area contributed by atoms with Crippen molar-refractivity contribution in [2.24, 2.45) is 23.7 Å². The molecule has 176 valence electrons. The summed E-state index contributed by atoms with van der Waals surface area (Å²) in [6.45, 7) is 28.6. The Morgan fingerprint density at radius 3 is 1.03 bits per heavy atom. The molecule has 0 radical (unpaired) electrons. The van der Waals surface area contributed by atoms with Gasteiger partial charge in [0.1, 0.15) is 0 Å². The maximum atomic E-state index is 3.66. The highest BCUT2D eigenvalue weighted by atomic mass is 15.1. The van der Waals surface area contributed by atoms with Crippen LogP contribution in [0.4, 0.5) is 0 Å². The third-order valence-corrected chi connectivity index (χ3v) is 5.15. The van der Waals surface area contributed by atoms with Gasteiger partial charge in [-0.15, -0.1) is 0 Å². The predicted molar refractivity (Wildman–Crippen MR) is 133 cm³/mol. The van der Waals surface area contributed by atoms with Crippen LogP contribution in [0.25, 0.3) is 0 Å². The average Bonchev–Trinajstić information content (AvgIpc) is 2.57. The zero-order valence-corrected chi connectivity index (χ0v) is 21.6. The summed E-state index contributed by atoms with van der Waals surface area (Å²) in [7, 11) is 0. The minimum Gasteiger partial charge on any atom is -0.317 e. The summed E-state index contributed by atoms with van der Waals surface area (Å²) >= 11 is 0. The first-order valence-electron chi connectivity index (χ1n) is 12.9. The van der Waals surface area contributed by atoms with E-state index in [1.807, 2.05) is 0 Å². The van der Waals surface area contributed by atoms with Crippen molar-refractivity contribution in [3.8, 4) is 0 Å². The lowest BCUT2D eigenvalue weighted by molar-refractivity contribution is 0.214. The molecule has 0 heterocycles. The van der Waals surface area contributed by atoms with Crippen molar-refractivity contribution in [2.45, 2.75) is 93.9 Å². The second kappa shape index (κ2) is 18.6. The normalized spacial score (nSPS) is 12.6. The van der Waals surface area contributed by atoms with Crippen molar-refractivity contribution in [1.82, 2.24) is 15.1 Å². The highest BCUT2D eigenvalue weighted by Gasteiger charge is 2.10. The number of nitrogens with one attached hydrogen (secondary N) is 1. The van der Waals surface area contributed by atoms with Crippen molar-refractivity contribution in [3.05, 3.63) is 0 Å². The van der Waals surface area contributed by atoms with Crippen LogP contribution < -0.4 is 5.32 Å². The molecule has 0 aliphatic rings. The Hall–Kier alpha value is -0.120. The second-order valence-corrected chi connectivity index (χ2v) is 11.0. The molecule has 0 unspecified atom stereocenters. The molecule has 0 fully saturated rings. The van der Waals surface area contributed by atoms with Gasteiger partial charge >= 0.3 is 0 Å². The SMILES string of the molecule is CC(C)CN(CCCCCNCCCCCN(CC(C)C)CC(C)C)CC(C)C. The van der Waals surface area contributed by atoms with E-state index in [0.717, 1.165) is 23.7 Å². The van der Waals surface area contributed by atoms with E-state index in [4.69, 9.17) is 0 Å². The number of unbranched alkanes of at least 4 members (excludes halogenated alkanes) is 4. The number of rotatable bonds is 20. The van der Waals surface area contributed by atoms with Gasteiger partial charge in [-0.25, -0.2) is 0 Å². The summed E-state index contributed by atoms with van der Waals surface area (Å²) < 4.78 is 0. The summed E-state index contributed by atoms with van der Waals surface area (Å²) in [5, 5.41) is 3.66. The van der Waals surface area contributed by atoms with Gasteiger partial charge in [-0.1, -0.05) is 68.2 Å². The van der Waals surface area contributed by atoms with Gasteiger partial charge in [-0.2, -0.15) is 0 Å². The fourth-order valence-electron chi connectivity index (χ4n) is 4.23. The molecule has 0 amide bonds. The Labute approximate surface area is 185 Å². The molecule has 0 aliphatic heterocycles. The first-order valence-corrected chi connectivity index (χ1v) is 12.9. The molecule has 0 saturated heterocycles. The lowest BCUT2D eigenvalue weighted by Crippen LogP contribution is -2.32. The summed E-state index contributed by atoms with van der Waals surface area (Å²) in [6.07, 6.45) is 8.07. The third kappa shape index (κ3) is 20.9. The van der Waals surface area contributed by atoms with Crippen molar-refractivity contribution in [2.75, 3.05) is 52.4 Å².